The van der Waals surface area contributed by atoms with E-state index >= 15 is 0 Å². The molecule has 1 rings (SSSR count). The summed E-state index contributed by atoms with van der Waals surface area (Å²) >= 11 is 0. The van der Waals surface area contributed by atoms with Gasteiger partial charge >= 0.3 is 0 Å². The number of nitrogens with zero attached hydrogens (tertiary/aromatic N) is 2. The van der Waals surface area contributed by atoms with E-state index in [0.29, 0.717) is 6.54 Å². The van der Waals surface area contributed by atoms with Gasteiger partial charge in [-0.05, 0) is 27.7 Å². The molecule has 0 spiro atoms. The molecule has 1 N–H and O–H groups in total. The van der Waals surface area contributed by atoms with Crippen molar-refractivity contribution in [3.05, 3.63) is 12.7 Å². The maximum atomic E-state index is 12.7. The van der Waals surface area contributed by atoms with Gasteiger partial charge < -0.3 is 10.2 Å². The van der Waals surface area contributed by atoms with Crippen molar-refractivity contribution in [3.63, 3.8) is 0 Å². The molecule has 0 aromatic heterocycles. The second kappa shape index (κ2) is 6.34. The summed E-state index contributed by atoms with van der Waals surface area (Å²) in [5.74, 6) is 0.194. The molecule has 0 aromatic rings. The standard InChI is InChI=1S/C14H27N3O/c1-6-9-17(12(2)3)13(18)14(4,5)16-10-7-15-8-11-16/h6,12,15H,1,7-11H2,2-5H3. The smallest absolute Gasteiger partial charge is 0.243 e. The Labute approximate surface area is 111 Å². The van der Waals surface area contributed by atoms with Crippen molar-refractivity contribution in [1.82, 2.24) is 15.1 Å². The number of hydrogen-bond acceptors (Lipinski definition) is 3. The molecule has 104 valence electrons. The number of nitrogens with one attached hydrogen (secondary N) is 1. The highest BCUT2D eigenvalue weighted by Crippen LogP contribution is 2.19. The Morgan fingerprint density at radius 1 is 1.44 bits per heavy atom. The van der Waals surface area contributed by atoms with Crippen LogP contribution >= 0.6 is 0 Å². The topological polar surface area (TPSA) is 35.6 Å². The van der Waals surface area contributed by atoms with E-state index in [1.54, 1.807) is 6.08 Å². The Kier molecular flexibility index (Phi) is 5.35. The highest BCUT2D eigenvalue weighted by Gasteiger charge is 2.38. The summed E-state index contributed by atoms with van der Waals surface area (Å²) in [5, 5.41) is 3.32. The van der Waals surface area contributed by atoms with Gasteiger partial charge in [0.1, 0.15) is 0 Å². The third-order valence-electron chi connectivity index (χ3n) is 3.64. The maximum Gasteiger partial charge on any atom is 0.243 e. The summed E-state index contributed by atoms with van der Waals surface area (Å²) in [7, 11) is 0. The lowest BCUT2D eigenvalue weighted by Crippen LogP contribution is -2.61. The van der Waals surface area contributed by atoms with Crippen LogP contribution in [0.2, 0.25) is 0 Å². The van der Waals surface area contributed by atoms with Crippen LogP contribution in [0.5, 0.6) is 0 Å². The zero-order valence-corrected chi connectivity index (χ0v) is 12.2. The monoisotopic (exact) mass is 253 g/mol. The Morgan fingerprint density at radius 3 is 2.44 bits per heavy atom. The fourth-order valence-corrected chi connectivity index (χ4v) is 2.38. The minimum atomic E-state index is -0.435. The molecule has 1 amide bonds. The number of piperazine rings is 1. The third kappa shape index (κ3) is 3.33. The molecule has 1 fully saturated rings. The molecule has 0 radical (unpaired) electrons. The van der Waals surface area contributed by atoms with E-state index in [1.165, 1.54) is 0 Å². The van der Waals surface area contributed by atoms with E-state index in [0.717, 1.165) is 26.2 Å². The van der Waals surface area contributed by atoms with Crippen molar-refractivity contribution < 1.29 is 4.79 Å². The second-order valence-electron chi connectivity index (χ2n) is 5.64. The van der Waals surface area contributed by atoms with Gasteiger partial charge in [0.2, 0.25) is 5.91 Å². The molecule has 0 aromatic carbocycles. The van der Waals surface area contributed by atoms with E-state index in [2.05, 4.69) is 30.6 Å². The number of carbonyl (C=O) groups excluding carboxylic acids is 1. The van der Waals surface area contributed by atoms with Gasteiger partial charge in [0.15, 0.2) is 0 Å². The van der Waals surface area contributed by atoms with Gasteiger partial charge in [0, 0.05) is 38.8 Å². The highest BCUT2D eigenvalue weighted by molar-refractivity contribution is 5.86. The highest BCUT2D eigenvalue weighted by atomic mass is 16.2. The second-order valence-corrected chi connectivity index (χ2v) is 5.64. The molecule has 0 aliphatic carbocycles. The molecular formula is C14H27N3O. The summed E-state index contributed by atoms with van der Waals surface area (Å²) in [6, 6.07) is 0.206. The van der Waals surface area contributed by atoms with Gasteiger partial charge in [-0.15, -0.1) is 6.58 Å². The molecule has 4 nitrogen and oxygen atoms in total. The summed E-state index contributed by atoms with van der Waals surface area (Å²) in [4.78, 5) is 16.9. The molecule has 0 bridgehead atoms. The number of carbonyl (C=O) groups is 1. The summed E-state index contributed by atoms with van der Waals surface area (Å²) < 4.78 is 0. The van der Waals surface area contributed by atoms with Crippen LogP contribution in [0.15, 0.2) is 12.7 Å². The van der Waals surface area contributed by atoms with Gasteiger partial charge in [-0.25, -0.2) is 0 Å². The van der Waals surface area contributed by atoms with Crippen molar-refractivity contribution in [3.8, 4) is 0 Å². The lowest BCUT2D eigenvalue weighted by Gasteiger charge is -2.43. The van der Waals surface area contributed by atoms with Crippen molar-refractivity contribution in [2.45, 2.75) is 39.3 Å². The van der Waals surface area contributed by atoms with E-state index in [4.69, 9.17) is 0 Å². The lowest BCUT2D eigenvalue weighted by atomic mass is 9.98. The average molecular weight is 253 g/mol. The van der Waals surface area contributed by atoms with Gasteiger partial charge in [0.05, 0.1) is 5.54 Å². The average Bonchev–Trinajstić information content (AvgIpc) is 2.35. The van der Waals surface area contributed by atoms with Crippen LogP contribution in [-0.2, 0) is 4.79 Å². The first-order valence-corrected chi connectivity index (χ1v) is 6.79. The van der Waals surface area contributed by atoms with Crippen LogP contribution in [0.1, 0.15) is 27.7 Å². The fraction of sp³-hybridized carbons (Fsp3) is 0.786. The largest absolute Gasteiger partial charge is 0.335 e. The quantitative estimate of drug-likeness (QED) is 0.745. The first-order valence-electron chi connectivity index (χ1n) is 6.79. The molecule has 1 heterocycles. The van der Waals surface area contributed by atoms with Crippen LogP contribution in [-0.4, -0.2) is 60.0 Å². The zero-order valence-electron chi connectivity index (χ0n) is 12.2. The van der Waals surface area contributed by atoms with Gasteiger partial charge in [-0.2, -0.15) is 0 Å². The molecule has 4 heteroatoms. The normalized spacial score (nSPS) is 17.8. The summed E-state index contributed by atoms with van der Waals surface area (Å²) in [6.45, 7) is 16.3. The minimum absolute atomic E-state index is 0.194. The maximum absolute atomic E-state index is 12.7. The molecule has 0 saturated carbocycles. The van der Waals surface area contributed by atoms with E-state index in [-0.39, 0.29) is 11.9 Å². The van der Waals surface area contributed by atoms with Crippen molar-refractivity contribution in [2.75, 3.05) is 32.7 Å². The molecule has 0 atom stereocenters. The Bertz CT molecular complexity index is 293. The molecular weight excluding hydrogens is 226 g/mol. The van der Waals surface area contributed by atoms with E-state index in [1.807, 2.05) is 18.7 Å². The lowest BCUT2D eigenvalue weighted by molar-refractivity contribution is -0.144. The number of rotatable bonds is 5. The van der Waals surface area contributed by atoms with Crippen molar-refractivity contribution in [2.24, 2.45) is 0 Å². The van der Waals surface area contributed by atoms with E-state index < -0.39 is 5.54 Å². The zero-order chi connectivity index (χ0) is 13.8. The first kappa shape index (κ1) is 15.2. The van der Waals surface area contributed by atoms with Crippen LogP contribution in [0.3, 0.4) is 0 Å². The van der Waals surface area contributed by atoms with Crippen molar-refractivity contribution in [1.29, 1.82) is 0 Å². The third-order valence-corrected chi connectivity index (χ3v) is 3.64. The number of hydrogen-bond donors (Lipinski definition) is 1. The Hall–Kier alpha value is -0.870. The number of amides is 1. The van der Waals surface area contributed by atoms with Crippen LogP contribution in [0.4, 0.5) is 0 Å². The SMILES string of the molecule is C=CCN(C(=O)C(C)(C)N1CCNCC1)C(C)C. The Balaban J connectivity index is 2.80. The van der Waals surface area contributed by atoms with Crippen LogP contribution < -0.4 is 5.32 Å². The van der Waals surface area contributed by atoms with Gasteiger partial charge in [-0.3, -0.25) is 9.69 Å². The summed E-state index contributed by atoms with van der Waals surface area (Å²) in [5.41, 5.74) is -0.435. The minimum Gasteiger partial charge on any atom is -0.335 e. The van der Waals surface area contributed by atoms with Gasteiger partial charge in [0.25, 0.3) is 0 Å². The molecule has 18 heavy (non-hydrogen) atoms. The fourth-order valence-electron chi connectivity index (χ4n) is 2.38. The molecule has 1 saturated heterocycles. The molecule has 0 unspecified atom stereocenters. The summed E-state index contributed by atoms with van der Waals surface area (Å²) in [6.07, 6.45) is 1.80. The van der Waals surface area contributed by atoms with Gasteiger partial charge in [-0.1, -0.05) is 6.08 Å². The van der Waals surface area contributed by atoms with Crippen LogP contribution in [0, 0.1) is 0 Å². The predicted octanol–water partition coefficient (Wildman–Crippen LogP) is 1.09. The first-order chi connectivity index (χ1) is 8.41. The van der Waals surface area contributed by atoms with Crippen LogP contribution in [0.25, 0.3) is 0 Å². The van der Waals surface area contributed by atoms with Crippen molar-refractivity contribution >= 4 is 5.91 Å². The van der Waals surface area contributed by atoms with E-state index in [9.17, 15) is 4.79 Å². The molecule has 1 aliphatic rings. The predicted molar refractivity (Wildman–Crippen MR) is 75.6 cm³/mol. The molecule has 1 aliphatic heterocycles. The Morgan fingerprint density at radius 2 is 2.00 bits per heavy atom.